The van der Waals surface area contributed by atoms with Crippen molar-refractivity contribution in [3.05, 3.63) is 34.3 Å². The van der Waals surface area contributed by atoms with E-state index >= 15 is 0 Å². The molecular formula is C13H17BrO3. The summed E-state index contributed by atoms with van der Waals surface area (Å²) in [6.07, 6.45) is 0.819. The molecule has 0 unspecified atom stereocenters. The third-order valence-electron chi connectivity index (χ3n) is 3.19. The maximum absolute atomic E-state index is 11.4. The Bertz CT molecular complexity index is 399. The lowest BCUT2D eigenvalue weighted by atomic mass is 9.78. The molecule has 0 heterocycles. The van der Waals surface area contributed by atoms with E-state index in [-0.39, 0.29) is 0 Å². The van der Waals surface area contributed by atoms with Gasteiger partial charge in [-0.1, -0.05) is 41.9 Å². The van der Waals surface area contributed by atoms with Crippen LogP contribution in [0.5, 0.6) is 0 Å². The first-order chi connectivity index (χ1) is 7.94. The molecule has 0 saturated heterocycles. The highest BCUT2D eigenvalue weighted by Crippen LogP contribution is 2.35. The van der Waals surface area contributed by atoms with E-state index < -0.39 is 17.5 Å². The molecule has 1 aromatic carbocycles. The summed E-state index contributed by atoms with van der Waals surface area (Å²) in [4.78, 5) is 11.4. The molecule has 0 fully saturated rings. The van der Waals surface area contributed by atoms with E-state index in [1.54, 1.807) is 32.0 Å². The maximum atomic E-state index is 11.4. The number of hydrogen-bond donors (Lipinski definition) is 2. The monoisotopic (exact) mass is 300 g/mol. The second-order valence-electron chi connectivity index (χ2n) is 4.14. The van der Waals surface area contributed by atoms with E-state index in [2.05, 4.69) is 15.9 Å². The van der Waals surface area contributed by atoms with E-state index in [9.17, 15) is 15.0 Å². The molecule has 0 aliphatic rings. The smallest absolute Gasteiger partial charge is 0.313 e. The minimum atomic E-state index is -1.20. The molecule has 17 heavy (non-hydrogen) atoms. The molecule has 1 atom stereocenters. The van der Waals surface area contributed by atoms with Crippen LogP contribution in [0.2, 0.25) is 0 Å². The van der Waals surface area contributed by atoms with E-state index in [0.717, 1.165) is 4.47 Å². The van der Waals surface area contributed by atoms with Gasteiger partial charge >= 0.3 is 5.97 Å². The van der Waals surface area contributed by atoms with Crippen LogP contribution in [0.15, 0.2) is 28.7 Å². The zero-order valence-corrected chi connectivity index (χ0v) is 11.6. The van der Waals surface area contributed by atoms with Crippen molar-refractivity contribution in [2.24, 2.45) is 0 Å². The molecule has 0 aromatic heterocycles. The first-order valence-corrected chi connectivity index (χ1v) is 6.44. The lowest BCUT2D eigenvalue weighted by molar-refractivity contribution is -0.146. The molecule has 0 saturated carbocycles. The number of aliphatic carboxylic acids is 1. The van der Waals surface area contributed by atoms with E-state index in [1.165, 1.54) is 0 Å². The molecule has 0 amide bonds. The van der Waals surface area contributed by atoms with Crippen molar-refractivity contribution < 1.29 is 15.0 Å². The van der Waals surface area contributed by atoms with E-state index in [0.29, 0.717) is 18.4 Å². The van der Waals surface area contributed by atoms with Gasteiger partial charge in [-0.2, -0.15) is 0 Å². The van der Waals surface area contributed by atoms with Crippen molar-refractivity contribution in [2.45, 2.75) is 38.2 Å². The molecule has 0 spiro atoms. The van der Waals surface area contributed by atoms with Crippen molar-refractivity contribution in [1.82, 2.24) is 0 Å². The third-order valence-corrected chi connectivity index (χ3v) is 3.68. The Kier molecular flexibility index (Phi) is 4.71. The van der Waals surface area contributed by atoms with Crippen molar-refractivity contribution >= 4 is 21.9 Å². The largest absolute Gasteiger partial charge is 0.481 e. The van der Waals surface area contributed by atoms with Gasteiger partial charge in [0.25, 0.3) is 0 Å². The zero-order chi connectivity index (χ0) is 13.1. The number of carboxylic acid groups (broad SMARTS) is 1. The fourth-order valence-corrected chi connectivity index (χ4v) is 2.44. The number of rotatable bonds is 5. The van der Waals surface area contributed by atoms with Crippen LogP contribution in [0, 0.1) is 0 Å². The molecule has 1 aromatic rings. The van der Waals surface area contributed by atoms with Gasteiger partial charge in [-0.15, -0.1) is 0 Å². The zero-order valence-electron chi connectivity index (χ0n) is 9.98. The van der Waals surface area contributed by atoms with Crippen LogP contribution in [-0.2, 0) is 4.79 Å². The van der Waals surface area contributed by atoms with Gasteiger partial charge in [-0.05, 0) is 30.5 Å². The Hall–Kier alpha value is -0.870. The van der Waals surface area contributed by atoms with Crippen LogP contribution in [0.3, 0.4) is 0 Å². The number of aliphatic hydroxyl groups is 1. The summed E-state index contributed by atoms with van der Waals surface area (Å²) in [5.41, 5.74) is -0.579. The summed E-state index contributed by atoms with van der Waals surface area (Å²) in [7, 11) is 0. The molecule has 0 aliphatic carbocycles. The summed E-state index contributed by atoms with van der Waals surface area (Å²) in [6, 6.07) is 7.09. The number of benzene rings is 1. The first kappa shape index (κ1) is 14.2. The quantitative estimate of drug-likeness (QED) is 0.878. The molecule has 0 radical (unpaired) electrons. The minimum absolute atomic E-state index is 0.410. The molecule has 94 valence electrons. The van der Waals surface area contributed by atoms with Crippen LogP contribution < -0.4 is 0 Å². The molecule has 4 heteroatoms. The number of hydrogen-bond acceptors (Lipinski definition) is 2. The molecule has 0 bridgehead atoms. The van der Waals surface area contributed by atoms with Crippen LogP contribution in [0.1, 0.15) is 38.2 Å². The average Bonchev–Trinajstić information content (AvgIpc) is 2.28. The van der Waals surface area contributed by atoms with Gasteiger partial charge in [-0.3, -0.25) is 4.79 Å². The van der Waals surface area contributed by atoms with Gasteiger partial charge in [0.15, 0.2) is 0 Å². The van der Waals surface area contributed by atoms with Crippen molar-refractivity contribution in [3.8, 4) is 0 Å². The highest BCUT2D eigenvalue weighted by Gasteiger charge is 2.39. The second-order valence-corrected chi connectivity index (χ2v) is 5.05. The van der Waals surface area contributed by atoms with Crippen molar-refractivity contribution in [1.29, 1.82) is 0 Å². The Morgan fingerprint density at radius 2 is 2.00 bits per heavy atom. The first-order valence-electron chi connectivity index (χ1n) is 5.65. The molecular weight excluding hydrogens is 284 g/mol. The second kappa shape index (κ2) is 5.65. The fourth-order valence-electron chi connectivity index (χ4n) is 2.03. The summed E-state index contributed by atoms with van der Waals surface area (Å²) >= 11 is 3.32. The van der Waals surface area contributed by atoms with Gasteiger partial charge in [0, 0.05) is 4.47 Å². The minimum Gasteiger partial charge on any atom is -0.481 e. The summed E-state index contributed by atoms with van der Waals surface area (Å²) in [5, 5.41) is 19.7. The Morgan fingerprint density at radius 3 is 2.41 bits per heavy atom. The Balaban J connectivity index is 3.23. The topological polar surface area (TPSA) is 57.5 Å². The normalized spacial score (nSPS) is 13.4. The van der Waals surface area contributed by atoms with Gasteiger partial charge in [-0.25, -0.2) is 0 Å². The SMILES string of the molecule is CCC(O)(CC)[C@@H](C(=O)O)c1cccc(Br)c1. The fraction of sp³-hybridized carbons (Fsp3) is 0.462. The highest BCUT2D eigenvalue weighted by molar-refractivity contribution is 9.10. The number of carbonyl (C=O) groups is 1. The average molecular weight is 301 g/mol. The third kappa shape index (κ3) is 3.07. The lowest BCUT2D eigenvalue weighted by Crippen LogP contribution is -2.39. The van der Waals surface area contributed by atoms with Gasteiger partial charge < -0.3 is 10.2 Å². The summed E-state index contributed by atoms with van der Waals surface area (Å²) in [5.74, 6) is -1.88. The number of carboxylic acids is 1. The predicted molar refractivity (Wildman–Crippen MR) is 70.1 cm³/mol. The highest BCUT2D eigenvalue weighted by atomic mass is 79.9. The van der Waals surface area contributed by atoms with Crippen molar-refractivity contribution in [3.63, 3.8) is 0 Å². The number of halogens is 1. The molecule has 2 N–H and O–H groups in total. The van der Waals surface area contributed by atoms with Crippen LogP contribution in [0.25, 0.3) is 0 Å². The summed E-state index contributed by atoms with van der Waals surface area (Å²) in [6.45, 7) is 3.61. The molecule has 3 nitrogen and oxygen atoms in total. The van der Waals surface area contributed by atoms with E-state index in [1.807, 2.05) is 6.07 Å². The lowest BCUT2D eigenvalue weighted by Gasteiger charge is -2.32. The summed E-state index contributed by atoms with van der Waals surface area (Å²) < 4.78 is 0.816. The molecule has 1 rings (SSSR count). The maximum Gasteiger partial charge on any atom is 0.313 e. The van der Waals surface area contributed by atoms with Crippen LogP contribution in [-0.4, -0.2) is 21.8 Å². The van der Waals surface area contributed by atoms with Gasteiger partial charge in [0.1, 0.15) is 5.92 Å². The molecule has 0 aliphatic heterocycles. The Labute approximate surface area is 110 Å². The van der Waals surface area contributed by atoms with Crippen molar-refractivity contribution in [2.75, 3.05) is 0 Å². The van der Waals surface area contributed by atoms with Crippen LogP contribution in [0.4, 0.5) is 0 Å². The van der Waals surface area contributed by atoms with Crippen LogP contribution >= 0.6 is 15.9 Å². The van der Waals surface area contributed by atoms with Gasteiger partial charge in [0.2, 0.25) is 0 Å². The standard InChI is InChI=1S/C13H17BrO3/c1-3-13(17,4-2)11(12(15)16)9-6-5-7-10(14)8-9/h5-8,11,17H,3-4H2,1-2H3,(H,15,16)/t11-/m1/s1. The predicted octanol–water partition coefficient (Wildman–Crippen LogP) is 3.17. The van der Waals surface area contributed by atoms with Gasteiger partial charge in [0.05, 0.1) is 5.60 Å². The Morgan fingerprint density at radius 1 is 1.41 bits per heavy atom. The van der Waals surface area contributed by atoms with E-state index in [4.69, 9.17) is 0 Å².